The fraction of sp³-hybridized carbons (Fsp3) is 0.190. The lowest BCUT2D eigenvalue weighted by Crippen LogP contribution is -2.34. The minimum absolute atomic E-state index is 0.0275. The van der Waals surface area contributed by atoms with Gasteiger partial charge in [-0.25, -0.2) is 0 Å². The molecule has 0 saturated heterocycles. The van der Waals surface area contributed by atoms with E-state index >= 15 is 0 Å². The summed E-state index contributed by atoms with van der Waals surface area (Å²) in [6.07, 6.45) is 0. The van der Waals surface area contributed by atoms with Crippen molar-refractivity contribution in [2.45, 2.75) is 20.4 Å². The molecule has 0 N–H and O–H groups in total. The number of halogens is 1. The van der Waals surface area contributed by atoms with Crippen LogP contribution in [0, 0.1) is 13.8 Å². The van der Waals surface area contributed by atoms with E-state index in [1.54, 1.807) is 28.4 Å². The Bertz CT molecular complexity index is 876. The summed E-state index contributed by atoms with van der Waals surface area (Å²) in [6.45, 7) is 4.44. The summed E-state index contributed by atoms with van der Waals surface area (Å²) in [6, 6.07) is 17.4. The SMILES string of the molecule is Cc1ccc(N(Cc2cccs2)C(=O)COc2ccc(Cl)c(C)c2)cc1. The highest BCUT2D eigenvalue weighted by molar-refractivity contribution is 7.09. The molecule has 0 saturated carbocycles. The van der Waals surface area contributed by atoms with Crippen LogP contribution < -0.4 is 9.64 Å². The summed E-state index contributed by atoms with van der Waals surface area (Å²) < 4.78 is 5.70. The maximum Gasteiger partial charge on any atom is 0.265 e. The number of nitrogens with zero attached hydrogens (tertiary/aromatic N) is 1. The van der Waals surface area contributed by atoms with Gasteiger partial charge >= 0.3 is 0 Å². The Kier molecular flexibility index (Phi) is 5.96. The molecule has 1 heterocycles. The van der Waals surface area contributed by atoms with Crippen molar-refractivity contribution >= 4 is 34.5 Å². The second kappa shape index (κ2) is 8.39. The van der Waals surface area contributed by atoms with Gasteiger partial charge in [0, 0.05) is 15.6 Å². The van der Waals surface area contributed by atoms with Crippen molar-refractivity contribution in [1.82, 2.24) is 0 Å². The van der Waals surface area contributed by atoms with E-state index in [0.717, 1.165) is 21.7 Å². The van der Waals surface area contributed by atoms with Crippen LogP contribution >= 0.6 is 22.9 Å². The molecule has 26 heavy (non-hydrogen) atoms. The quantitative estimate of drug-likeness (QED) is 0.550. The highest BCUT2D eigenvalue weighted by atomic mass is 35.5. The lowest BCUT2D eigenvalue weighted by molar-refractivity contribution is -0.120. The molecule has 0 atom stereocenters. The Morgan fingerprint density at radius 1 is 1.12 bits per heavy atom. The normalized spacial score (nSPS) is 10.6. The molecular weight excluding hydrogens is 366 g/mol. The molecule has 0 radical (unpaired) electrons. The summed E-state index contributed by atoms with van der Waals surface area (Å²) >= 11 is 7.67. The minimum atomic E-state index is -0.0881. The molecule has 1 aromatic heterocycles. The van der Waals surface area contributed by atoms with Gasteiger partial charge in [0.15, 0.2) is 6.61 Å². The monoisotopic (exact) mass is 385 g/mol. The lowest BCUT2D eigenvalue weighted by Gasteiger charge is -2.22. The Morgan fingerprint density at radius 3 is 2.54 bits per heavy atom. The third-order valence-electron chi connectivity index (χ3n) is 4.03. The van der Waals surface area contributed by atoms with Crippen LogP contribution in [0.2, 0.25) is 5.02 Å². The highest BCUT2D eigenvalue weighted by Gasteiger charge is 2.17. The van der Waals surface area contributed by atoms with Gasteiger partial charge in [0.2, 0.25) is 0 Å². The van der Waals surface area contributed by atoms with Crippen LogP contribution in [0.4, 0.5) is 5.69 Å². The van der Waals surface area contributed by atoms with Gasteiger partial charge in [-0.15, -0.1) is 11.3 Å². The van der Waals surface area contributed by atoms with Gasteiger partial charge in [0.1, 0.15) is 5.75 Å². The van der Waals surface area contributed by atoms with Crippen molar-refractivity contribution in [3.8, 4) is 5.75 Å². The average molecular weight is 386 g/mol. The van der Waals surface area contributed by atoms with Crippen LogP contribution in [-0.4, -0.2) is 12.5 Å². The van der Waals surface area contributed by atoms with Crippen molar-refractivity contribution in [3.63, 3.8) is 0 Å². The van der Waals surface area contributed by atoms with Crippen LogP contribution in [0.3, 0.4) is 0 Å². The molecule has 0 aliphatic heterocycles. The molecule has 3 aromatic rings. The van der Waals surface area contributed by atoms with Gasteiger partial charge in [0.05, 0.1) is 6.54 Å². The van der Waals surface area contributed by atoms with E-state index in [1.165, 1.54) is 0 Å². The first-order valence-electron chi connectivity index (χ1n) is 8.31. The molecule has 5 heteroatoms. The number of anilines is 1. The van der Waals surface area contributed by atoms with Gasteiger partial charge in [-0.3, -0.25) is 4.79 Å². The van der Waals surface area contributed by atoms with E-state index in [4.69, 9.17) is 16.3 Å². The van der Waals surface area contributed by atoms with Gasteiger partial charge in [0.25, 0.3) is 5.91 Å². The fourth-order valence-corrected chi connectivity index (χ4v) is 3.35. The minimum Gasteiger partial charge on any atom is -0.484 e. The lowest BCUT2D eigenvalue weighted by atomic mass is 10.2. The third kappa shape index (κ3) is 4.65. The molecule has 134 valence electrons. The van der Waals surface area contributed by atoms with Crippen molar-refractivity contribution in [3.05, 3.63) is 81.0 Å². The maximum atomic E-state index is 12.9. The zero-order chi connectivity index (χ0) is 18.5. The summed E-state index contributed by atoms with van der Waals surface area (Å²) in [7, 11) is 0. The number of aryl methyl sites for hydroxylation is 2. The van der Waals surface area contributed by atoms with Crippen LogP contribution in [0.15, 0.2) is 60.0 Å². The number of amides is 1. The van der Waals surface area contributed by atoms with E-state index in [1.807, 2.05) is 61.7 Å². The zero-order valence-electron chi connectivity index (χ0n) is 14.7. The third-order valence-corrected chi connectivity index (χ3v) is 5.32. The van der Waals surface area contributed by atoms with E-state index in [0.29, 0.717) is 17.3 Å². The number of rotatable bonds is 6. The smallest absolute Gasteiger partial charge is 0.265 e. The Labute approximate surface area is 162 Å². The fourth-order valence-electron chi connectivity index (χ4n) is 2.54. The van der Waals surface area contributed by atoms with Gasteiger partial charge in [-0.05, 0) is 61.2 Å². The molecule has 0 aliphatic rings. The van der Waals surface area contributed by atoms with Crippen LogP contribution in [0.1, 0.15) is 16.0 Å². The average Bonchev–Trinajstić information content (AvgIpc) is 3.14. The van der Waals surface area contributed by atoms with Crippen molar-refractivity contribution in [1.29, 1.82) is 0 Å². The molecule has 1 amide bonds. The number of ether oxygens (including phenoxy) is 1. The first kappa shape index (κ1) is 18.5. The zero-order valence-corrected chi connectivity index (χ0v) is 16.3. The van der Waals surface area contributed by atoms with E-state index in [9.17, 15) is 4.79 Å². The summed E-state index contributed by atoms with van der Waals surface area (Å²) in [5.74, 6) is 0.551. The largest absolute Gasteiger partial charge is 0.484 e. The highest BCUT2D eigenvalue weighted by Crippen LogP contribution is 2.23. The summed E-state index contributed by atoms with van der Waals surface area (Å²) in [5, 5.41) is 2.70. The number of carbonyl (C=O) groups is 1. The molecule has 0 bridgehead atoms. The summed E-state index contributed by atoms with van der Waals surface area (Å²) in [4.78, 5) is 15.7. The Hall–Kier alpha value is -2.30. The summed E-state index contributed by atoms with van der Waals surface area (Å²) in [5.41, 5.74) is 2.95. The Balaban J connectivity index is 1.75. The van der Waals surface area contributed by atoms with Crippen molar-refractivity contribution in [2.75, 3.05) is 11.5 Å². The number of thiophene rings is 1. The van der Waals surface area contributed by atoms with E-state index in [2.05, 4.69) is 0 Å². The molecule has 3 nitrogen and oxygen atoms in total. The predicted octanol–water partition coefficient (Wildman–Crippen LogP) is 5.63. The molecule has 0 unspecified atom stereocenters. The molecule has 3 rings (SSSR count). The molecule has 2 aromatic carbocycles. The van der Waals surface area contributed by atoms with Gasteiger partial charge in [-0.2, -0.15) is 0 Å². The second-order valence-electron chi connectivity index (χ2n) is 6.09. The van der Waals surface area contributed by atoms with Crippen molar-refractivity contribution in [2.24, 2.45) is 0 Å². The van der Waals surface area contributed by atoms with Gasteiger partial charge < -0.3 is 9.64 Å². The molecule has 0 aliphatic carbocycles. The molecule has 0 fully saturated rings. The first-order valence-corrected chi connectivity index (χ1v) is 9.57. The maximum absolute atomic E-state index is 12.9. The number of hydrogen-bond acceptors (Lipinski definition) is 3. The molecular formula is C21H20ClNO2S. The van der Waals surface area contributed by atoms with Gasteiger partial charge in [-0.1, -0.05) is 35.4 Å². The van der Waals surface area contributed by atoms with E-state index < -0.39 is 0 Å². The molecule has 0 spiro atoms. The number of hydrogen-bond donors (Lipinski definition) is 0. The van der Waals surface area contributed by atoms with Crippen LogP contribution in [-0.2, 0) is 11.3 Å². The van der Waals surface area contributed by atoms with E-state index in [-0.39, 0.29) is 12.5 Å². The number of carbonyl (C=O) groups excluding carboxylic acids is 1. The predicted molar refractivity (Wildman–Crippen MR) is 108 cm³/mol. The number of benzene rings is 2. The van der Waals surface area contributed by atoms with Crippen LogP contribution in [0.25, 0.3) is 0 Å². The van der Waals surface area contributed by atoms with Crippen molar-refractivity contribution < 1.29 is 9.53 Å². The standard InChI is InChI=1S/C21H20ClNO2S/c1-15-5-7-17(8-6-15)23(13-19-4-3-11-26-19)21(24)14-25-18-9-10-20(22)16(2)12-18/h3-12H,13-14H2,1-2H3. The Morgan fingerprint density at radius 2 is 1.88 bits per heavy atom. The van der Waals surface area contributed by atoms with Crippen LogP contribution in [0.5, 0.6) is 5.75 Å². The second-order valence-corrected chi connectivity index (χ2v) is 7.53. The topological polar surface area (TPSA) is 29.5 Å². The first-order chi connectivity index (χ1) is 12.5.